The van der Waals surface area contributed by atoms with Crippen molar-refractivity contribution in [2.24, 2.45) is 5.41 Å². The summed E-state index contributed by atoms with van der Waals surface area (Å²) in [6.45, 7) is 7.81. The molecule has 1 atom stereocenters. The topological polar surface area (TPSA) is 67.2 Å². The van der Waals surface area contributed by atoms with Gasteiger partial charge in [0.15, 0.2) is 0 Å². The first-order chi connectivity index (χ1) is 10.4. The van der Waals surface area contributed by atoms with Crippen LogP contribution in [0.2, 0.25) is 0 Å². The van der Waals surface area contributed by atoms with Gasteiger partial charge in [0.25, 0.3) is 0 Å². The SMILES string of the molecule is CC(C)(C)C(Cn1ccnc1)NC(=O)CN1CCCCC1=O. The number of nitrogens with one attached hydrogen (secondary N) is 1. The molecule has 1 aromatic heterocycles. The number of rotatable bonds is 5. The molecule has 6 nitrogen and oxygen atoms in total. The monoisotopic (exact) mass is 306 g/mol. The van der Waals surface area contributed by atoms with Crippen molar-refractivity contribution in [3.05, 3.63) is 18.7 Å². The number of aromatic nitrogens is 2. The molecule has 2 amide bonds. The zero-order valence-electron chi connectivity index (χ0n) is 13.7. The van der Waals surface area contributed by atoms with Gasteiger partial charge in [-0.3, -0.25) is 9.59 Å². The summed E-state index contributed by atoms with van der Waals surface area (Å²) in [5, 5.41) is 3.08. The largest absolute Gasteiger partial charge is 0.350 e. The summed E-state index contributed by atoms with van der Waals surface area (Å²) < 4.78 is 1.96. The second-order valence-corrected chi connectivity index (χ2v) is 7.02. The summed E-state index contributed by atoms with van der Waals surface area (Å²) >= 11 is 0. The van der Waals surface area contributed by atoms with Crippen LogP contribution < -0.4 is 5.32 Å². The number of amides is 2. The Morgan fingerprint density at radius 3 is 2.77 bits per heavy atom. The smallest absolute Gasteiger partial charge is 0.239 e. The van der Waals surface area contributed by atoms with Gasteiger partial charge >= 0.3 is 0 Å². The van der Waals surface area contributed by atoms with Gasteiger partial charge in [0.05, 0.1) is 18.9 Å². The Morgan fingerprint density at radius 2 is 2.18 bits per heavy atom. The molecule has 0 bridgehead atoms. The number of likely N-dealkylation sites (tertiary alicyclic amines) is 1. The van der Waals surface area contributed by atoms with Gasteiger partial charge in [0, 0.05) is 31.9 Å². The molecular weight excluding hydrogens is 280 g/mol. The Kier molecular flexibility index (Phi) is 5.21. The summed E-state index contributed by atoms with van der Waals surface area (Å²) in [5.74, 6) is -0.00129. The van der Waals surface area contributed by atoms with Crippen LogP contribution in [0.3, 0.4) is 0 Å². The van der Waals surface area contributed by atoms with E-state index in [2.05, 4.69) is 31.1 Å². The Bertz CT molecular complexity index is 505. The van der Waals surface area contributed by atoms with E-state index in [-0.39, 0.29) is 29.8 Å². The van der Waals surface area contributed by atoms with Crippen molar-refractivity contribution in [3.63, 3.8) is 0 Å². The lowest BCUT2D eigenvalue weighted by atomic mass is 9.86. The van der Waals surface area contributed by atoms with Gasteiger partial charge in [-0.25, -0.2) is 4.98 Å². The van der Waals surface area contributed by atoms with Gasteiger partial charge in [-0.2, -0.15) is 0 Å². The van der Waals surface area contributed by atoms with E-state index in [9.17, 15) is 9.59 Å². The standard InChI is InChI=1S/C16H26N4O2/c1-16(2,3)13(10-19-9-7-17-12-19)18-14(21)11-20-8-5-4-6-15(20)22/h7,9,12-13H,4-6,8,10-11H2,1-3H3,(H,18,21). The molecule has 0 saturated carbocycles. The predicted molar refractivity (Wildman–Crippen MR) is 84.0 cm³/mol. The van der Waals surface area contributed by atoms with Gasteiger partial charge in [-0.15, -0.1) is 0 Å². The van der Waals surface area contributed by atoms with Crippen molar-refractivity contribution in [3.8, 4) is 0 Å². The number of carbonyl (C=O) groups excluding carboxylic acids is 2. The van der Waals surface area contributed by atoms with Crippen molar-refractivity contribution in [1.29, 1.82) is 0 Å². The molecule has 1 fully saturated rings. The van der Waals surface area contributed by atoms with E-state index in [0.29, 0.717) is 19.5 Å². The third-order valence-electron chi connectivity index (χ3n) is 4.09. The zero-order valence-corrected chi connectivity index (χ0v) is 13.7. The maximum Gasteiger partial charge on any atom is 0.239 e. The minimum Gasteiger partial charge on any atom is -0.350 e. The normalized spacial score (nSPS) is 17.4. The fourth-order valence-corrected chi connectivity index (χ4v) is 2.58. The molecule has 2 heterocycles. The van der Waals surface area contributed by atoms with Crippen LogP contribution in [-0.4, -0.2) is 45.4 Å². The van der Waals surface area contributed by atoms with E-state index in [4.69, 9.17) is 0 Å². The van der Waals surface area contributed by atoms with Gasteiger partial charge in [-0.05, 0) is 18.3 Å². The number of imidazole rings is 1. The number of nitrogens with zero attached hydrogens (tertiary/aromatic N) is 3. The lowest BCUT2D eigenvalue weighted by Gasteiger charge is -2.33. The molecule has 6 heteroatoms. The highest BCUT2D eigenvalue weighted by Crippen LogP contribution is 2.21. The first kappa shape index (κ1) is 16.5. The lowest BCUT2D eigenvalue weighted by Crippen LogP contribution is -2.50. The molecule has 2 rings (SSSR count). The maximum absolute atomic E-state index is 12.3. The number of hydrogen-bond donors (Lipinski definition) is 1. The Hall–Kier alpha value is -1.85. The van der Waals surface area contributed by atoms with Gasteiger partial charge < -0.3 is 14.8 Å². The average Bonchev–Trinajstić information content (AvgIpc) is 2.92. The predicted octanol–water partition coefficient (Wildman–Crippen LogP) is 1.43. The molecule has 1 aliphatic rings. The van der Waals surface area contributed by atoms with E-state index in [0.717, 1.165) is 12.8 Å². The van der Waals surface area contributed by atoms with E-state index in [1.807, 2.05) is 10.8 Å². The highest BCUT2D eigenvalue weighted by atomic mass is 16.2. The second kappa shape index (κ2) is 6.94. The fraction of sp³-hybridized carbons (Fsp3) is 0.688. The van der Waals surface area contributed by atoms with Crippen LogP contribution in [0.4, 0.5) is 0 Å². The van der Waals surface area contributed by atoms with E-state index < -0.39 is 0 Å². The summed E-state index contributed by atoms with van der Waals surface area (Å²) in [4.78, 5) is 29.8. The van der Waals surface area contributed by atoms with Crippen LogP contribution in [0, 0.1) is 5.41 Å². The van der Waals surface area contributed by atoms with Gasteiger partial charge in [0.2, 0.25) is 11.8 Å². The van der Waals surface area contributed by atoms with Crippen LogP contribution in [-0.2, 0) is 16.1 Å². The molecule has 1 aliphatic heterocycles. The van der Waals surface area contributed by atoms with Crippen molar-refractivity contribution in [2.75, 3.05) is 13.1 Å². The summed E-state index contributed by atoms with van der Waals surface area (Å²) in [6.07, 6.45) is 7.84. The van der Waals surface area contributed by atoms with Crippen LogP contribution in [0.5, 0.6) is 0 Å². The molecule has 22 heavy (non-hydrogen) atoms. The molecule has 0 spiro atoms. The third-order valence-corrected chi connectivity index (χ3v) is 4.09. The van der Waals surface area contributed by atoms with Crippen LogP contribution in [0.25, 0.3) is 0 Å². The number of carbonyl (C=O) groups is 2. The molecule has 1 N–H and O–H groups in total. The Labute approximate surface area is 131 Å². The number of hydrogen-bond acceptors (Lipinski definition) is 3. The van der Waals surface area contributed by atoms with Crippen LogP contribution in [0.15, 0.2) is 18.7 Å². The minimum atomic E-state index is -0.0877. The van der Waals surface area contributed by atoms with Crippen molar-refractivity contribution < 1.29 is 9.59 Å². The molecule has 1 unspecified atom stereocenters. The summed E-state index contributed by atoms with van der Waals surface area (Å²) in [5.41, 5.74) is -0.0775. The van der Waals surface area contributed by atoms with Crippen molar-refractivity contribution >= 4 is 11.8 Å². The zero-order chi connectivity index (χ0) is 16.2. The number of piperidine rings is 1. The fourth-order valence-electron chi connectivity index (χ4n) is 2.58. The van der Waals surface area contributed by atoms with E-state index in [1.54, 1.807) is 17.4 Å². The molecule has 1 aromatic rings. The second-order valence-electron chi connectivity index (χ2n) is 7.02. The van der Waals surface area contributed by atoms with E-state index >= 15 is 0 Å². The quantitative estimate of drug-likeness (QED) is 0.895. The van der Waals surface area contributed by atoms with E-state index in [1.165, 1.54) is 0 Å². The van der Waals surface area contributed by atoms with Crippen molar-refractivity contribution in [2.45, 2.75) is 52.6 Å². The maximum atomic E-state index is 12.3. The lowest BCUT2D eigenvalue weighted by molar-refractivity contribution is -0.138. The molecule has 0 aliphatic carbocycles. The molecule has 1 saturated heterocycles. The first-order valence-electron chi connectivity index (χ1n) is 7.89. The molecular formula is C16H26N4O2. The highest BCUT2D eigenvalue weighted by molar-refractivity contribution is 5.85. The first-order valence-corrected chi connectivity index (χ1v) is 7.89. The summed E-state index contributed by atoms with van der Waals surface area (Å²) in [7, 11) is 0. The minimum absolute atomic E-state index is 0.0194. The van der Waals surface area contributed by atoms with Crippen LogP contribution >= 0.6 is 0 Å². The molecule has 0 aromatic carbocycles. The molecule has 0 radical (unpaired) electrons. The average molecular weight is 306 g/mol. The van der Waals surface area contributed by atoms with Crippen LogP contribution in [0.1, 0.15) is 40.0 Å². The van der Waals surface area contributed by atoms with Crippen molar-refractivity contribution in [1.82, 2.24) is 19.8 Å². The Balaban J connectivity index is 1.94. The van der Waals surface area contributed by atoms with Gasteiger partial charge in [-0.1, -0.05) is 20.8 Å². The Morgan fingerprint density at radius 1 is 1.41 bits per heavy atom. The third kappa shape index (κ3) is 4.58. The summed E-state index contributed by atoms with van der Waals surface area (Å²) in [6, 6.07) is -0.0194. The highest BCUT2D eigenvalue weighted by Gasteiger charge is 2.28. The van der Waals surface area contributed by atoms with Gasteiger partial charge in [0.1, 0.15) is 0 Å². The molecule has 122 valence electrons.